The lowest BCUT2D eigenvalue weighted by Crippen LogP contribution is -2.05. The van der Waals surface area contributed by atoms with Crippen molar-refractivity contribution in [1.29, 1.82) is 0 Å². The number of aryl methyl sites for hydroxylation is 2. The van der Waals surface area contributed by atoms with Gasteiger partial charge in [0.2, 0.25) is 0 Å². The molecule has 5 nitrogen and oxygen atoms in total. The lowest BCUT2D eigenvalue weighted by atomic mass is 10.0. The molecule has 5 heteroatoms. The molecule has 2 N–H and O–H groups in total. The molecule has 0 unspecified atom stereocenters. The van der Waals surface area contributed by atoms with Crippen LogP contribution in [0, 0.1) is 13.8 Å². The number of hydrogen-bond acceptors (Lipinski definition) is 5. The summed E-state index contributed by atoms with van der Waals surface area (Å²) in [7, 11) is 3.42. The minimum absolute atomic E-state index is 0.0599. The molecule has 0 aromatic heterocycles. The molecule has 0 amide bonds. The molecule has 0 aliphatic carbocycles. The van der Waals surface area contributed by atoms with Crippen LogP contribution in [0.3, 0.4) is 0 Å². The summed E-state index contributed by atoms with van der Waals surface area (Å²) in [4.78, 5) is 0. The third kappa shape index (κ3) is 5.64. The Hall–Kier alpha value is -3.86. The first-order valence-electron chi connectivity index (χ1n) is 10.3. The summed E-state index contributed by atoms with van der Waals surface area (Å²) in [6, 6.07) is 18.8. The van der Waals surface area contributed by atoms with Crippen LogP contribution >= 0.6 is 0 Å². The van der Waals surface area contributed by atoms with Gasteiger partial charge in [0.15, 0.2) is 0 Å². The zero-order valence-corrected chi connectivity index (χ0v) is 18.9. The first-order chi connectivity index (χ1) is 15.4. The summed E-state index contributed by atoms with van der Waals surface area (Å²) < 4.78 is 17.2. The third-order valence-electron chi connectivity index (χ3n) is 4.97. The van der Waals surface area contributed by atoms with E-state index in [0.717, 1.165) is 28.2 Å². The fraction of sp³-hybridized carbons (Fsp3) is 0.185. The standard InChI is InChI=1S/C27H29NO4/c1-18-9-10-19(2)26(13-18)32-27(16-28-4)20(3)24-12-11-23(15-25(24)29)31-17-21-7-6-8-22(14-21)30-5/h6-16,28-29H,3,17H2,1-2,4-5H3/b27-16+. The zero-order chi connectivity index (χ0) is 23.1. The minimum Gasteiger partial charge on any atom is -0.507 e. The van der Waals surface area contributed by atoms with Crippen LogP contribution in [0.5, 0.6) is 23.0 Å². The average Bonchev–Trinajstić information content (AvgIpc) is 2.79. The second-order valence-electron chi connectivity index (χ2n) is 7.47. The van der Waals surface area contributed by atoms with E-state index in [0.29, 0.717) is 29.3 Å². The average molecular weight is 432 g/mol. The van der Waals surface area contributed by atoms with Crippen LogP contribution in [-0.2, 0) is 6.61 Å². The van der Waals surface area contributed by atoms with Crippen molar-refractivity contribution >= 4 is 5.57 Å². The number of nitrogens with one attached hydrogen (secondary N) is 1. The van der Waals surface area contributed by atoms with Gasteiger partial charge in [-0.3, -0.25) is 0 Å². The lowest BCUT2D eigenvalue weighted by molar-refractivity contribution is 0.303. The molecular formula is C27H29NO4. The van der Waals surface area contributed by atoms with E-state index >= 15 is 0 Å². The molecule has 3 aromatic rings. The number of ether oxygens (including phenoxy) is 3. The first kappa shape index (κ1) is 22.8. The number of phenolic OH excluding ortho intramolecular Hbond substituents is 1. The van der Waals surface area contributed by atoms with Gasteiger partial charge in [-0.1, -0.05) is 30.8 Å². The summed E-state index contributed by atoms with van der Waals surface area (Å²) in [6.45, 7) is 8.51. The molecule has 0 aliphatic heterocycles. The van der Waals surface area contributed by atoms with Crippen LogP contribution in [-0.4, -0.2) is 19.3 Å². The normalized spacial score (nSPS) is 11.1. The number of hydrogen-bond donors (Lipinski definition) is 2. The molecule has 0 aliphatic rings. The lowest BCUT2D eigenvalue weighted by Gasteiger charge is -2.17. The minimum atomic E-state index is 0.0599. The summed E-state index contributed by atoms with van der Waals surface area (Å²) in [5, 5.41) is 13.6. The van der Waals surface area contributed by atoms with Crippen molar-refractivity contribution in [3.8, 4) is 23.0 Å². The van der Waals surface area contributed by atoms with Crippen LogP contribution in [0.1, 0.15) is 22.3 Å². The highest BCUT2D eigenvalue weighted by Gasteiger charge is 2.15. The molecule has 3 rings (SSSR count). The van der Waals surface area contributed by atoms with E-state index in [1.807, 2.05) is 56.3 Å². The summed E-state index contributed by atoms with van der Waals surface area (Å²) in [5.41, 5.74) is 4.19. The number of benzene rings is 3. The van der Waals surface area contributed by atoms with Gasteiger partial charge >= 0.3 is 0 Å². The van der Waals surface area contributed by atoms with E-state index in [4.69, 9.17) is 14.2 Å². The van der Waals surface area contributed by atoms with Crippen molar-refractivity contribution in [2.75, 3.05) is 14.2 Å². The Morgan fingerprint density at radius 3 is 2.56 bits per heavy atom. The van der Waals surface area contributed by atoms with Gasteiger partial charge in [0.05, 0.1) is 7.11 Å². The number of allylic oxidation sites excluding steroid dienone is 1. The zero-order valence-electron chi connectivity index (χ0n) is 18.9. The topological polar surface area (TPSA) is 60.0 Å². The molecule has 0 saturated heterocycles. The predicted octanol–water partition coefficient (Wildman–Crippen LogP) is 5.75. The number of phenols is 1. The predicted molar refractivity (Wildman–Crippen MR) is 128 cm³/mol. The molecule has 0 spiro atoms. The Labute approximate surface area is 189 Å². The van der Waals surface area contributed by atoms with E-state index in [1.165, 1.54) is 0 Å². The molecule has 0 fully saturated rings. The van der Waals surface area contributed by atoms with Gasteiger partial charge in [-0.2, -0.15) is 0 Å². The molecule has 0 bridgehead atoms. The summed E-state index contributed by atoms with van der Waals surface area (Å²) in [5.74, 6) is 2.64. The Kier molecular flexibility index (Phi) is 7.45. The number of methoxy groups -OCH3 is 1. The van der Waals surface area contributed by atoms with Gasteiger partial charge in [0.1, 0.15) is 35.4 Å². The second-order valence-corrected chi connectivity index (χ2v) is 7.47. The molecule has 0 heterocycles. The second kappa shape index (κ2) is 10.4. The molecule has 3 aromatic carbocycles. The Balaban J connectivity index is 1.76. The SMILES string of the molecule is C=C(/C(=C\NC)Oc1cc(C)ccc1C)c1ccc(OCc2cccc(OC)c2)cc1O. The van der Waals surface area contributed by atoms with Crippen molar-refractivity contribution in [1.82, 2.24) is 5.32 Å². The smallest absolute Gasteiger partial charge is 0.150 e. The summed E-state index contributed by atoms with van der Waals surface area (Å²) in [6.07, 6.45) is 1.72. The maximum atomic E-state index is 10.7. The highest BCUT2D eigenvalue weighted by Crippen LogP contribution is 2.34. The fourth-order valence-corrected chi connectivity index (χ4v) is 3.16. The first-order valence-corrected chi connectivity index (χ1v) is 10.3. The largest absolute Gasteiger partial charge is 0.507 e. The van der Waals surface area contributed by atoms with Crippen LogP contribution in [0.4, 0.5) is 0 Å². The van der Waals surface area contributed by atoms with Crippen LogP contribution in [0.2, 0.25) is 0 Å². The maximum absolute atomic E-state index is 10.7. The van der Waals surface area contributed by atoms with Gasteiger partial charge < -0.3 is 24.6 Å². The van der Waals surface area contributed by atoms with Crippen molar-refractivity contribution in [2.24, 2.45) is 0 Å². The van der Waals surface area contributed by atoms with E-state index in [2.05, 4.69) is 11.9 Å². The van der Waals surface area contributed by atoms with Crippen LogP contribution in [0.15, 0.2) is 79.2 Å². The van der Waals surface area contributed by atoms with Crippen molar-refractivity contribution in [3.05, 3.63) is 101 Å². The van der Waals surface area contributed by atoms with Crippen molar-refractivity contribution in [3.63, 3.8) is 0 Å². The number of aromatic hydroxyl groups is 1. The van der Waals surface area contributed by atoms with Gasteiger partial charge in [-0.05, 0) is 60.9 Å². The van der Waals surface area contributed by atoms with E-state index in [9.17, 15) is 5.11 Å². The van der Waals surface area contributed by atoms with Gasteiger partial charge in [0.25, 0.3) is 0 Å². The third-order valence-corrected chi connectivity index (χ3v) is 4.97. The van der Waals surface area contributed by atoms with Gasteiger partial charge in [-0.25, -0.2) is 0 Å². The number of rotatable bonds is 9. The highest BCUT2D eigenvalue weighted by atomic mass is 16.5. The highest BCUT2D eigenvalue weighted by molar-refractivity contribution is 5.79. The summed E-state index contributed by atoms with van der Waals surface area (Å²) >= 11 is 0. The molecule has 0 saturated carbocycles. The molecular weight excluding hydrogens is 402 g/mol. The van der Waals surface area contributed by atoms with E-state index < -0.39 is 0 Å². The van der Waals surface area contributed by atoms with Crippen molar-refractivity contribution < 1.29 is 19.3 Å². The Bertz CT molecular complexity index is 1130. The van der Waals surface area contributed by atoms with E-state index in [1.54, 1.807) is 38.6 Å². The Morgan fingerprint density at radius 1 is 1.03 bits per heavy atom. The Morgan fingerprint density at radius 2 is 1.84 bits per heavy atom. The van der Waals surface area contributed by atoms with Crippen LogP contribution < -0.4 is 19.5 Å². The van der Waals surface area contributed by atoms with Crippen LogP contribution in [0.25, 0.3) is 5.57 Å². The molecule has 166 valence electrons. The quantitative estimate of drug-likeness (QED) is 0.334. The maximum Gasteiger partial charge on any atom is 0.150 e. The molecule has 0 radical (unpaired) electrons. The van der Waals surface area contributed by atoms with Gasteiger partial charge in [0, 0.05) is 30.5 Å². The fourth-order valence-electron chi connectivity index (χ4n) is 3.16. The van der Waals surface area contributed by atoms with Gasteiger partial charge in [-0.15, -0.1) is 0 Å². The molecule has 32 heavy (non-hydrogen) atoms. The van der Waals surface area contributed by atoms with E-state index in [-0.39, 0.29) is 5.75 Å². The molecule has 0 atom stereocenters. The van der Waals surface area contributed by atoms with Crippen molar-refractivity contribution in [2.45, 2.75) is 20.5 Å². The monoisotopic (exact) mass is 431 g/mol.